The minimum absolute atomic E-state index is 0.222. The summed E-state index contributed by atoms with van der Waals surface area (Å²) in [4.78, 5) is 16.2. The Kier molecular flexibility index (Phi) is 3.44. The van der Waals surface area contributed by atoms with Crippen molar-refractivity contribution in [3.8, 4) is 11.3 Å². The highest BCUT2D eigenvalue weighted by atomic mass is 19.3. The predicted molar refractivity (Wildman–Crippen MR) is 91.9 cm³/mol. The first-order chi connectivity index (χ1) is 12.7. The van der Waals surface area contributed by atoms with Crippen LogP contribution in [0, 0.1) is 5.92 Å². The van der Waals surface area contributed by atoms with Crippen molar-refractivity contribution < 1.29 is 8.78 Å². The molecule has 1 aliphatic rings. The molecule has 8 heteroatoms. The average molecular weight is 354 g/mol. The van der Waals surface area contributed by atoms with Crippen molar-refractivity contribution in [1.29, 1.82) is 0 Å². The zero-order valence-corrected chi connectivity index (χ0v) is 13.9. The van der Waals surface area contributed by atoms with Gasteiger partial charge in [-0.2, -0.15) is 5.10 Å². The third-order valence-corrected chi connectivity index (χ3v) is 5.07. The van der Waals surface area contributed by atoms with Crippen molar-refractivity contribution in [2.24, 2.45) is 5.92 Å². The minimum Gasteiger partial charge on any atom is -0.345 e. The van der Waals surface area contributed by atoms with Gasteiger partial charge in [-0.05, 0) is 18.1 Å². The summed E-state index contributed by atoms with van der Waals surface area (Å²) in [7, 11) is 0. The maximum Gasteiger partial charge on any atom is 0.282 e. The van der Waals surface area contributed by atoms with Gasteiger partial charge < -0.3 is 4.98 Å². The molecule has 0 radical (unpaired) electrons. The summed E-state index contributed by atoms with van der Waals surface area (Å²) in [6, 6.07) is 3.45. The molecule has 1 N–H and O–H groups in total. The van der Waals surface area contributed by atoms with E-state index in [-0.39, 0.29) is 5.69 Å². The third-order valence-electron chi connectivity index (χ3n) is 5.07. The molecular weight excluding hydrogens is 338 g/mol. The maximum atomic E-state index is 13.1. The molecule has 0 unspecified atom stereocenters. The quantitative estimate of drug-likeness (QED) is 0.602. The Balaban J connectivity index is 1.55. The van der Waals surface area contributed by atoms with E-state index < -0.39 is 6.43 Å². The van der Waals surface area contributed by atoms with Gasteiger partial charge in [-0.3, -0.25) is 0 Å². The second-order valence-corrected chi connectivity index (χ2v) is 6.72. The first-order valence-electron chi connectivity index (χ1n) is 8.65. The van der Waals surface area contributed by atoms with Gasteiger partial charge >= 0.3 is 0 Å². The highest BCUT2D eigenvalue weighted by molar-refractivity contribution is 5.91. The Morgan fingerprint density at radius 1 is 1.19 bits per heavy atom. The second kappa shape index (κ2) is 5.82. The number of hydrogen-bond acceptors (Lipinski definition) is 4. The summed E-state index contributed by atoms with van der Waals surface area (Å²) in [5, 5.41) is 5.17. The highest BCUT2D eigenvalue weighted by Crippen LogP contribution is 2.30. The van der Waals surface area contributed by atoms with Gasteiger partial charge in [-0.15, -0.1) is 0 Å². The van der Waals surface area contributed by atoms with Crippen LogP contribution >= 0.6 is 0 Å². The fourth-order valence-electron chi connectivity index (χ4n) is 3.39. The molecule has 132 valence electrons. The number of hydrogen-bond donors (Lipinski definition) is 1. The Morgan fingerprint density at radius 2 is 2.08 bits per heavy atom. The van der Waals surface area contributed by atoms with Crippen LogP contribution < -0.4 is 0 Å². The molecule has 0 spiro atoms. The topological polar surface area (TPSA) is 71.8 Å². The summed E-state index contributed by atoms with van der Waals surface area (Å²) in [5.41, 5.74) is 2.26. The Labute approximate surface area is 147 Å². The zero-order chi connectivity index (χ0) is 17.7. The van der Waals surface area contributed by atoms with Gasteiger partial charge in [-0.25, -0.2) is 28.2 Å². The first-order valence-corrected chi connectivity index (χ1v) is 8.65. The summed E-state index contributed by atoms with van der Waals surface area (Å²) in [6.07, 6.45) is 6.80. The number of nitrogens with zero attached hydrogens (tertiary/aromatic N) is 5. The second-order valence-electron chi connectivity index (χ2n) is 6.72. The van der Waals surface area contributed by atoms with E-state index in [0.29, 0.717) is 17.3 Å². The lowest BCUT2D eigenvalue weighted by Gasteiger charge is -2.24. The number of alkyl halides is 2. The van der Waals surface area contributed by atoms with E-state index in [2.05, 4.69) is 25.0 Å². The highest BCUT2D eigenvalue weighted by Gasteiger charge is 2.20. The van der Waals surface area contributed by atoms with Crippen LogP contribution in [0.15, 0.2) is 30.7 Å². The molecule has 0 saturated heterocycles. The van der Waals surface area contributed by atoms with E-state index in [1.54, 1.807) is 24.5 Å². The summed E-state index contributed by atoms with van der Waals surface area (Å²) < 4.78 is 27.4. The summed E-state index contributed by atoms with van der Waals surface area (Å²) in [5.74, 6) is 1.54. The van der Waals surface area contributed by atoms with E-state index in [0.717, 1.165) is 35.0 Å². The van der Waals surface area contributed by atoms with Crippen LogP contribution in [-0.4, -0.2) is 29.5 Å². The molecule has 4 aromatic heterocycles. The largest absolute Gasteiger partial charge is 0.345 e. The molecular formula is C18H16F2N6. The van der Waals surface area contributed by atoms with Crippen LogP contribution in [0.4, 0.5) is 8.78 Å². The van der Waals surface area contributed by atoms with E-state index in [4.69, 9.17) is 0 Å². The number of aromatic amines is 1. The number of H-pyrrole nitrogens is 1. The average Bonchev–Trinajstić information content (AvgIpc) is 3.21. The molecule has 1 saturated carbocycles. The Bertz CT molecular complexity index is 1100. The molecule has 26 heavy (non-hydrogen) atoms. The number of fused-ring (bicyclic) bond motifs is 2. The fourth-order valence-corrected chi connectivity index (χ4v) is 3.39. The number of nitrogens with one attached hydrogen (secondary N) is 1. The van der Waals surface area contributed by atoms with Gasteiger partial charge in [0.25, 0.3) is 6.43 Å². The van der Waals surface area contributed by atoms with E-state index in [1.807, 2.05) is 0 Å². The minimum atomic E-state index is -2.63. The predicted octanol–water partition coefficient (Wildman–Crippen LogP) is 3.95. The van der Waals surface area contributed by atoms with Crippen molar-refractivity contribution in [2.45, 2.75) is 32.1 Å². The molecule has 0 amide bonds. The van der Waals surface area contributed by atoms with Crippen LogP contribution in [-0.2, 0) is 6.42 Å². The van der Waals surface area contributed by atoms with Crippen LogP contribution in [0.5, 0.6) is 0 Å². The molecule has 0 aliphatic heterocycles. The van der Waals surface area contributed by atoms with Crippen molar-refractivity contribution in [2.75, 3.05) is 0 Å². The number of imidazole rings is 1. The molecule has 1 aliphatic carbocycles. The summed E-state index contributed by atoms with van der Waals surface area (Å²) >= 11 is 0. The molecule has 5 rings (SSSR count). The van der Waals surface area contributed by atoms with Gasteiger partial charge in [0.1, 0.15) is 17.2 Å². The fraction of sp³-hybridized carbons (Fsp3) is 0.333. The third kappa shape index (κ3) is 2.44. The maximum absolute atomic E-state index is 13.1. The molecule has 0 atom stereocenters. The van der Waals surface area contributed by atoms with E-state index in [1.165, 1.54) is 23.8 Å². The lowest BCUT2D eigenvalue weighted by atomic mass is 9.83. The zero-order valence-electron chi connectivity index (χ0n) is 13.9. The molecule has 4 aromatic rings. The lowest BCUT2D eigenvalue weighted by molar-refractivity contribution is 0.143. The normalized spacial score (nSPS) is 15.2. The molecule has 6 nitrogen and oxygen atoms in total. The Morgan fingerprint density at radius 3 is 2.85 bits per heavy atom. The van der Waals surface area contributed by atoms with Gasteiger partial charge in [-0.1, -0.05) is 19.3 Å². The number of rotatable bonds is 4. The standard InChI is InChI=1S/C18H16F2N6/c19-17(20)14-9-22-16-5-4-13(25-26(14)16)11-7-23-18-12(11)8-21-15(24-18)6-10-2-1-3-10/h4-5,7-10,17H,1-3,6H2,(H,21,23,24). The van der Waals surface area contributed by atoms with Gasteiger partial charge in [0.05, 0.1) is 11.9 Å². The number of aromatic nitrogens is 6. The van der Waals surface area contributed by atoms with E-state index in [9.17, 15) is 8.78 Å². The monoisotopic (exact) mass is 354 g/mol. The van der Waals surface area contributed by atoms with E-state index >= 15 is 0 Å². The molecule has 0 bridgehead atoms. The van der Waals surface area contributed by atoms with Crippen LogP contribution in [0.2, 0.25) is 0 Å². The smallest absolute Gasteiger partial charge is 0.282 e. The van der Waals surface area contributed by atoms with Crippen molar-refractivity contribution in [1.82, 2.24) is 29.5 Å². The summed E-state index contributed by atoms with van der Waals surface area (Å²) in [6.45, 7) is 0. The SMILES string of the molecule is FC(F)c1cnc2ccc(-c3c[nH]c4nc(CC5CCC5)ncc34)nn12. The first kappa shape index (κ1) is 15.4. The number of halogens is 2. The van der Waals surface area contributed by atoms with Crippen molar-refractivity contribution >= 4 is 16.7 Å². The van der Waals surface area contributed by atoms with Gasteiger partial charge in [0.15, 0.2) is 5.65 Å². The Hall–Kier alpha value is -2.90. The van der Waals surface area contributed by atoms with Crippen molar-refractivity contribution in [3.63, 3.8) is 0 Å². The van der Waals surface area contributed by atoms with Crippen molar-refractivity contribution in [3.05, 3.63) is 42.2 Å². The molecule has 1 fully saturated rings. The molecule has 0 aromatic carbocycles. The van der Waals surface area contributed by atoms with Crippen LogP contribution in [0.3, 0.4) is 0 Å². The van der Waals surface area contributed by atoms with Gasteiger partial charge in [0, 0.05) is 29.8 Å². The van der Waals surface area contributed by atoms with Gasteiger partial charge in [0.2, 0.25) is 0 Å². The van der Waals surface area contributed by atoms with Crippen LogP contribution in [0.25, 0.3) is 27.9 Å². The molecule has 4 heterocycles. The lowest BCUT2D eigenvalue weighted by Crippen LogP contribution is -2.15. The van der Waals surface area contributed by atoms with Crippen LogP contribution in [0.1, 0.15) is 37.2 Å².